The quantitative estimate of drug-likeness (QED) is 0.774. The second-order valence-corrected chi connectivity index (χ2v) is 4.81. The van der Waals surface area contributed by atoms with Gasteiger partial charge in [0.15, 0.2) is 0 Å². The summed E-state index contributed by atoms with van der Waals surface area (Å²) in [5, 5.41) is 3.41. The molecule has 1 N–H and O–H groups in total. The standard InChI is InChI=1S/C12H21NOS/c1-4-10(2)7-13-8-11-5-6-12(14-11)9-15-3/h5-6,10,13H,4,7-9H2,1-3H3. The number of hydrogen-bond acceptors (Lipinski definition) is 3. The van der Waals surface area contributed by atoms with Gasteiger partial charge in [0.25, 0.3) is 0 Å². The number of hydrogen-bond donors (Lipinski definition) is 1. The third-order valence-corrected chi connectivity index (χ3v) is 3.07. The highest BCUT2D eigenvalue weighted by molar-refractivity contribution is 7.97. The van der Waals surface area contributed by atoms with E-state index in [0.717, 1.165) is 36.3 Å². The molecule has 1 aromatic rings. The molecule has 0 spiro atoms. The Morgan fingerprint density at radius 1 is 1.40 bits per heavy atom. The normalized spacial score (nSPS) is 13.0. The maximum atomic E-state index is 5.66. The predicted octanol–water partition coefficient (Wildman–Crippen LogP) is 3.28. The molecule has 0 bridgehead atoms. The average molecular weight is 227 g/mol. The Bertz CT molecular complexity index is 272. The monoisotopic (exact) mass is 227 g/mol. The Labute approximate surface area is 96.8 Å². The van der Waals surface area contributed by atoms with Crippen LogP contribution in [0.5, 0.6) is 0 Å². The van der Waals surface area contributed by atoms with Crippen LogP contribution in [0.2, 0.25) is 0 Å². The molecule has 0 radical (unpaired) electrons. The van der Waals surface area contributed by atoms with Crippen molar-refractivity contribution in [2.75, 3.05) is 12.8 Å². The summed E-state index contributed by atoms with van der Waals surface area (Å²) in [5.74, 6) is 3.82. The molecule has 0 aliphatic carbocycles. The molecule has 2 nitrogen and oxygen atoms in total. The van der Waals surface area contributed by atoms with Crippen molar-refractivity contribution >= 4 is 11.8 Å². The van der Waals surface area contributed by atoms with E-state index in [1.54, 1.807) is 11.8 Å². The van der Waals surface area contributed by atoms with Crippen LogP contribution in [0, 0.1) is 5.92 Å². The van der Waals surface area contributed by atoms with Gasteiger partial charge in [-0.1, -0.05) is 20.3 Å². The molecule has 86 valence electrons. The van der Waals surface area contributed by atoms with Gasteiger partial charge in [0.05, 0.1) is 12.3 Å². The lowest BCUT2D eigenvalue weighted by Gasteiger charge is -2.08. The van der Waals surface area contributed by atoms with E-state index in [4.69, 9.17) is 4.42 Å². The molecule has 0 amide bonds. The molecule has 1 rings (SSSR count). The van der Waals surface area contributed by atoms with Crippen LogP contribution < -0.4 is 5.32 Å². The van der Waals surface area contributed by atoms with E-state index in [9.17, 15) is 0 Å². The van der Waals surface area contributed by atoms with Crippen molar-refractivity contribution in [3.8, 4) is 0 Å². The fourth-order valence-electron chi connectivity index (χ4n) is 1.32. The molecule has 1 heterocycles. The molecule has 3 heteroatoms. The molecule has 1 unspecified atom stereocenters. The van der Waals surface area contributed by atoms with Crippen molar-refractivity contribution in [2.45, 2.75) is 32.6 Å². The third-order valence-electron chi connectivity index (χ3n) is 2.49. The number of nitrogens with one attached hydrogen (secondary N) is 1. The van der Waals surface area contributed by atoms with Crippen LogP contribution in [-0.2, 0) is 12.3 Å². The topological polar surface area (TPSA) is 25.2 Å². The Hall–Kier alpha value is -0.410. The molecule has 0 aliphatic rings. The molecule has 1 aromatic heterocycles. The lowest BCUT2D eigenvalue weighted by atomic mass is 10.1. The first-order valence-electron chi connectivity index (χ1n) is 5.53. The minimum atomic E-state index is 0.741. The molecule has 15 heavy (non-hydrogen) atoms. The highest BCUT2D eigenvalue weighted by atomic mass is 32.2. The van der Waals surface area contributed by atoms with Crippen LogP contribution in [0.25, 0.3) is 0 Å². The maximum absolute atomic E-state index is 5.66. The van der Waals surface area contributed by atoms with Gasteiger partial charge in [0.1, 0.15) is 11.5 Å². The molecule has 0 saturated carbocycles. The molecule has 0 fully saturated rings. The second-order valence-electron chi connectivity index (χ2n) is 3.95. The fraction of sp³-hybridized carbons (Fsp3) is 0.667. The zero-order valence-corrected chi connectivity index (χ0v) is 10.7. The van der Waals surface area contributed by atoms with Gasteiger partial charge < -0.3 is 9.73 Å². The number of rotatable bonds is 7. The lowest BCUT2D eigenvalue weighted by Crippen LogP contribution is -2.19. The van der Waals surface area contributed by atoms with Crippen LogP contribution in [0.3, 0.4) is 0 Å². The zero-order valence-electron chi connectivity index (χ0n) is 9.88. The Morgan fingerprint density at radius 2 is 2.13 bits per heavy atom. The summed E-state index contributed by atoms with van der Waals surface area (Å²) in [6.45, 7) is 6.39. The fourth-order valence-corrected chi connectivity index (χ4v) is 1.76. The second kappa shape index (κ2) is 6.96. The Kier molecular flexibility index (Phi) is 5.88. The lowest BCUT2D eigenvalue weighted by molar-refractivity contribution is 0.435. The molecule has 1 atom stereocenters. The summed E-state index contributed by atoms with van der Waals surface area (Å²) in [6, 6.07) is 4.13. The molecule has 0 aromatic carbocycles. The minimum Gasteiger partial charge on any atom is -0.464 e. The van der Waals surface area contributed by atoms with Gasteiger partial charge in [0.2, 0.25) is 0 Å². The molecule has 0 aliphatic heterocycles. The summed E-state index contributed by atoms with van der Waals surface area (Å²) in [4.78, 5) is 0. The summed E-state index contributed by atoms with van der Waals surface area (Å²) in [7, 11) is 0. The molecular weight excluding hydrogens is 206 g/mol. The van der Waals surface area contributed by atoms with Crippen molar-refractivity contribution in [1.29, 1.82) is 0 Å². The van der Waals surface area contributed by atoms with Crippen LogP contribution in [-0.4, -0.2) is 12.8 Å². The van der Waals surface area contributed by atoms with Gasteiger partial charge in [0, 0.05) is 0 Å². The Balaban J connectivity index is 2.25. The summed E-state index contributed by atoms with van der Waals surface area (Å²) in [5.41, 5.74) is 0. The van der Waals surface area contributed by atoms with E-state index in [1.807, 2.05) is 0 Å². The van der Waals surface area contributed by atoms with Crippen molar-refractivity contribution < 1.29 is 4.42 Å². The van der Waals surface area contributed by atoms with E-state index in [-0.39, 0.29) is 0 Å². The Morgan fingerprint density at radius 3 is 2.80 bits per heavy atom. The van der Waals surface area contributed by atoms with Gasteiger partial charge in [-0.05, 0) is 30.9 Å². The summed E-state index contributed by atoms with van der Waals surface area (Å²) >= 11 is 1.79. The number of furan rings is 1. The first kappa shape index (κ1) is 12.7. The highest BCUT2D eigenvalue weighted by Gasteiger charge is 2.02. The number of thioether (sulfide) groups is 1. The van der Waals surface area contributed by atoms with Gasteiger partial charge in [-0.2, -0.15) is 11.8 Å². The maximum Gasteiger partial charge on any atom is 0.117 e. The minimum absolute atomic E-state index is 0.741. The van der Waals surface area contributed by atoms with Crippen molar-refractivity contribution in [1.82, 2.24) is 5.32 Å². The van der Waals surface area contributed by atoms with E-state index >= 15 is 0 Å². The van der Waals surface area contributed by atoms with Crippen molar-refractivity contribution in [3.63, 3.8) is 0 Å². The largest absolute Gasteiger partial charge is 0.464 e. The molecular formula is C12H21NOS. The van der Waals surface area contributed by atoms with E-state index in [1.165, 1.54) is 6.42 Å². The molecule has 0 saturated heterocycles. The van der Waals surface area contributed by atoms with Crippen molar-refractivity contribution in [3.05, 3.63) is 23.7 Å². The van der Waals surface area contributed by atoms with Crippen LogP contribution >= 0.6 is 11.8 Å². The van der Waals surface area contributed by atoms with E-state index < -0.39 is 0 Å². The van der Waals surface area contributed by atoms with Gasteiger partial charge in [-0.3, -0.25) is 0 Å². The smallest absolute Gasteiger partial charge is 0.117 e. The van der Waals surface area contributed by atoms with Gasteiger partial charge in [-0.15, -0.1) is 0 Å². The van der Waals surface area contributed by atoms with Crippen LogP contribution in [0.4, 0.5) is 0 Å². The SMILES string of the molecule is CCC(C)CNCc1ccc(CSC)o1. The zero-order chi connectivity index (χ0) is 11.1. The van der Waals surface area contributed by atoms with E-state index in [0.29, 0.717) is 0 Å². The average Bonchev–Trinajstić information content (AvgIpc) is 2.66. The first-order valence-corrected chi connectivity index (χ1v) is 6.92. The van der Waals surface area contributed by atoms with E-state index in [2.05, 4.69) is 37.6 Å². The summed E-state index contributed by atoms with van der Waals surface area (Å²) < 4.78 is 5.66. The summed E-state index contributed by atoms with van der Waals surface area (Å²) in [6.07, 6.45) is 3.31. The third kappa shape index (κ3) is 4.76. The first-order chi connectivity index (χ1) is 7.26. The van der Waals surface area contributed by atoms with Crippen molar-refractivity contribution in [2.24, 2.45) is 5.92 Å². The van der Waals surface area contributed by atoms with Crippen LogP contribution in [0.1, 0.15) is 31.8 Å². The van der Waals surface area contributed by atoms with Gasteiger partial charge in [-0.25, -0.2) is 0 Å². The highest BCUT2D eigenvalue weighted by Crippen LogP contribution is 2.13. The predicted molar refractivity (Wildman–Crippen MR) is 67.1 cm³/mol. The van der Waals surface area contributed by atoms with Crippen LogP contribution in [0.15, 0.2) is 16.5 Å². The van der Waals surface area contributed by atoms with Gasteiger partial charge >= 0.3 is 0 Å².